The average Bonchev–Trinajstić information content (AvgIpc) is 1.93. The van der Waals surface area contributed by atoms with Gasteiger partial charge in [-0.15, -0.1) is 0 Å². The van der Waals surface area contributed by atoms with Crippen LogP contribution in [0.25, 0.3) is 0 Å². The van der Waals surface area contributed by atoms with E-state index in [0.717, 1.165) is 25.7 Å². The summed E-state index contributed by atoms with van der Waals surface area (Å²) in [6.45, 7) is 1.38. The summed E-state index contributed by atoms with van der Waals surface area (Å²) in [7, 11) is 0. The van der Waals surface area contributed by atoms with Gasteiger partial charge in [-0.3, -0.25) is 4.79 Å². The van der Waals surface area contributed by atoms with Crippen LogP contribution in [0.5, 0.6) is 0 Å². The van der Waals surface area contributed by atoms with Crippen molar-refractivity contribution in [3.05, 3.63) is 0 Å². The number of carbonyl (C=O) groups is 1. The van der Waals surface area contributed by atoms with E-state index in [1.54, 1.807) is 0 Å². The Hall–Kier alpha value is -0.570. The molecule has 3 nitrogen and oxygen atoms in total. The second-order valence-electron chi connectivity index (χ2n) is 3.00. The van der Waals surface area contributed by atoms with E-state index >= 15 is 0 Å². The molecule has 1 rings (SSSR count). The number of rotatable bonds is 1. The Balaban J connectivity index is 2.35. The highest BCUT2D eigenvalue weighted by Crippen LogP contribution is 2.20. The van der Waals surface area contributed by atoms with Crippen LogP contribution in [0, 0.1) is 0 Å². The molecule has 0 spiro atoms. The molecule has 0 amide bonds. The summed E-state index contributed by atoms with van der Waals surface area (Å²) in [6, 6.07) is 0. The Morgan fingerprint density at radius 1 is 1.45 bits per heavy atom. The molecular formula is C8H14O3. The van der Waals surface area contributed by atoms with Crippen molar-refractivity contribution in [2.24, 2.45) is 0 Å². The lowest BCUT2D eigenvalue weighted by molar-refractivity contribution is -0.154. The lowest BCUT2D eigenvalue weighted by Crippen LogP contribution is -2.33. The van der Waals surface area contributed by atoms with Gasteiger partial charge < -0.3 is 9.84 Å². The zero-order valence-electron chi connectivity index (χ0n) is 6.75. The highest BCUT2D eigenvalue weighted by molar-refractivity contribution is 5.66. The lowest BCUT2D eigenvalue weighted by atomic mass is 9.95. The van der Waals surface area contributed by atoms with E-state index in [9.17, 15) is 9.90 Å². The van der Waals surface area contributed by atoms with Crippen LogP contribution in [0.3, 0.4) is 0 Å². The van der Waals surface area contributed by atoms with E-state index in [0.29, 0.717) is 0 Å². The Kier molecular flexibility index (Phi) is 2.88. The molecule has 0 bridgehead atoms. The maximum Gasteiger partial charge on any atom is 0.302 e. The van der Waals surface area contributed by atoms with E-state index in [1.165, 1.54) is 6.92 Å². The largest absolute Gasteiger partial charge is 0.460 e. The molecule has 0 heterocycles. The second kappa shape index (κ2) is 3.72. The molecular weight excluding hydrogens is 144 g/mol. The van der Waals surface area contributed by atoms with Crippen LogP contribution in [0.4, 0.5) is 0 Å². The van der Waals surface area contributed by atoms with Crippen LogP contribution < -0.4 is 0 Å². The summed E-state index contributed by atoms with van der Waals surface area (Å²) < 4.78 is 4.91. The third-order valence-electron chi connectivity index (χ3n) is 1.99. The molecule has 0 aromatic rings. The SMILES string of the molecule is CC(=O)O[C@@H]1CCCC[C@H]1O. The number of aliphatic hydroxyl groups excluding tert-OH is 1. The molecule has 0 aliphatic heterocycles. The van der Waals surface area contributed by atoms with Crippen LogP contribution in [-0.4, -0.2) is 23.3 Å². The maximum absolute atomic E-state index is 10.5. The number of ether oxygens (including phenoxy) is 1. The average molecular weight is 158 g/mol. The molecule has 2 atom stereocenters. The van der Waals surface area contributed by atoms with E-state index in [4.69, 9.17) is 4.74 Å². The highest BCUT2D eigenvalue weighted by Gasteiger charge is 2.24. The first-order valence-corrected chi connectivity index (χ1v) is 4.05. The van der Waals surface area contributed by atoms with Gasteiger partial charge in [0, 0.05) is 6.92 Å². The normalized spacial score (nSPS) is 31.5. The first kappa shape index (κ1) is 8.53. The predicted octanol–water partition coefficient (Wildman–Crippen LogP) is 0.853. The van der Waals surface area contributed by atoms with Crippen LogP contribution >= 0.6 is 0 Å². The Morgan fingerprint density at radius 3 is 2.64 bits per heavy atom. The summed E-state index contributed by atoms with van der Waals surface area (Å²) in [5, 5.41) is 9.34. The van der Waals surface area contributed by atoms with Gasteiger partial charge >= 0.3 is 5.97 Å². The Labute approximate surface area is 66.4 Å². The van der Waals surface area contributed by atoms with E-state index < -0.39 is 6.10 Å². The number of hydrogen-bond acceptors (Lipinski definition) is 3. The summed E-state index contributed by atoms with van der Waals surface area (Å²) >= 11 is 0. The van der Waals surface area contributed by atoms with Crippen LogP contribution in [0.15, 0.2) is 0 Å². The molecule has 1 aliphatic carbocycles. The van der Waals surface area contributed by atoms with Gasteiger partial charge in [-0.2, -0.15) is 0 Å². The molecule has 1 aliphatic rings. The van der Waals surface area contributed by atoms with Gasteiger partial charge in [-0.25, -0.2) is 0 Å². The third kappa shape index (κ3) is 2.50. The van der Waals surface area contributed by atoms with Crippen molar-refractivity contribution in [3.63, 3.8) is 0 Å². The summed E-state index contributed by atoms with van der Waals surface area (Å²) in [5.74, 6) is -0.295. The summed E-state index contributed by atoms with van der Waals surface area (Å²) in [5.41, 5.74) is 0. The first-order valence-electron chi connectivity index (χ1n) is 4.05. The van der Waals surface area contributed by atoms with Crippen LogP contribution in [0.1, 0.15) is 32.6 Å². The van der Waals surface area contributed by atoms with Crippen LogP contribution in [0.2, 0.25) is 0 Å². The second-order valence-corrected chi connectivity index (χ2v) is 3.00. The molecule has 64 valence electrons. The fourth-order valence-corrected chi connectivity index (χ4v) is 1.43. The predicted molar refractivity (Wildman–Crippen MR) is 40.0 cm³/mol. The smallest absolute Gasteiger partial charge is 0.302 e. The molecule has 1 saturated carbocycles. The van der Waals surface area contributed by atoms with Gasteiger partial charge in [0.05, 0.1) is 6.10 Å². The lowest BCUT2D eigenvalue weighted by Gasteiger charge is -2.26. The molecule has 3 heteroatoms. The van der Waals surface area contributed by atoms with Crippen molar-refractivity contribution in [3.8, 4) is 0 Å². The monoisotopic (exact) mass is 158 g/mol. The molecule has 1 fully saturated rings. The fourth-order valence-electron chi connectivity index (χ4n) is 1.43. The zero-order chi connectivity index (χ0) is 8.27. The van der Waals surface area contributed by atoms with Gasteiger partial charge in [-0.05, 0) is 19.3 Å². The van der Waals surface area contributed by atoms with E-state index in [-0.39, 0.29) is 12.1 Å². The minimum atomic E-state index is -0.437. The van der Waals surface area contributed by atoms with Gasteiger partial charge in [0.1, 0.15) is 6.10 Å². The van der Waals surface area contributed by atoms with Crippen molar-refractivity contribution >= 4 is 5.97 Å². The molecule has 0 radical (unpaired) electrons. The number of carbonyl (C=O) groups excluding carboxylic acids is 1. The molecule has 0 aromatic heterocycles. The molecule has 0 unspecified atom stereocenters. The van der Waals surface area contributed by atoms with Crippen molar-refractivity contribution in [2.75, 3.05) is 0 Å². The van der Waals surface area contributed by atoms with Crippen molar-refractivity contribution < 1.29 is 14.6 Å². The summed E-state index contributed by atoms with van der Waals surface area (Å²) in [6.07, 6.45) is 2.97. The molecule has 0 aromatic carbocycles. The third-order valence-corrected chi connectivity index (χ3v) is 1.99. The number of hydrogen-bond donors (Lipinski definition) is 1. The van der Waals surface area contributed by atoms with Crippen molar-refractivity contribution in [1.82, 2.24) is 0 Å². The standard InChI is InChI=1S/C8H14O3/c1-6(9)11-8-5-3-2-4-7(8)10/h7-8,10H,2-5H2,1H3/t7-,8-/m1/s1. The van der Waals surface area contributed by atoms with Crippen molar-refractivity contribution in [1.29, 1.82) is 0 Å². The van der Waals surface area contributed by atoms with Crippen molar-refractivity contribution in [2.45, 2.75) is 44.8 Å². The maximum atomic E-state index is 10.5. The zero-order valence-corrected chi connectivity index (χ0v) is 6.75. The minimum Gasteiger partial charge on any atom is -0.460 e. The van der Waals surface area contributed by atoms with Gasteiger partial charge in [0.15, 0.2) is 0 Å². The molecule has 0 saturated heterocycles. The molecule has 1 N–H and O–H groups in total. The topological polar surface area (TPSA) is 46.5 Å². The number of aliphatic hydroxyl groups is 1. The number of esters is 1. The van der Waals surface area contributed by atoms with Gasteiger partial charge in [0.2, 0.25) is 0 Å². The Bertz CT molecular complexity index is 144. The van der Waals surface area contributed by atoms with Gasteiger partial charge in [-0.1, -0.05) is 6.42 Å². The minimum absolute atomic E-state index is 0.249. The quantitative estimate of drug-likeness (QED) is 0.575. The van der Waals surface area contributed by atoms with E-state index in [2.05, 4.69) is 0 Å². The fraction of sp³-hybridized carbons (Fsp3) is 0.875. The molecule has 11 heavy (non-hydrogen) atoms. The van der Waals surface area contributed by atoms with Crippen LogP contribution in [-0.2, 0) is 9.53 Å². The van der Waals surface area contributed by atoms with Gasteiger partial charge in [0.25, 0.3) is 0 Å². The highest BCUT2D eigenvalue weighted by atomic mass is 16.6. The Morgan fingerprint density at radius 2 is 2.09 bits per heavy atom. The first-order chi connectivity index (χ1) is 5.20. The van der Waals surface area contributed by atoms with E-state index in [1.807, 2.05) is 0 Å². The summed E-state index contributed by atoms with van der Waals surface area (Å²) in [4.78, 5) is 10.5.